The van der Waals surface area contributed by atoms with Gasteiger partial charge in [-0.05, 0) is 63.9 Å². The van der Waals surface area contributed by atoms with Crippen molar-refractivity contribution in [1.82, 2.24) is 0 Å². The summed E-state index contributed by atoms with van der Waals surface area (Å²) in [6.07, 6.45) is 9.52. The molecule has 0 radical (unpaired) electrons. The molecular weight excluding hydrogens is 428 g/mol. The summed E-state index contributed by atoms with van der Waals surface area (Å²) >= 11 is 0. The molecule has 4 aliphatic rings. The zero-order valence-corrected chi connectivity index (χ0v) is 21.8. The fourth-order valence-electron chi connectivity index (χ4n) is 7.49. The Balaban J connectivity index is 1.75. The minimum Gasteiger partial charge on any atom is -0.458 e. The number of carbonyl (C=O) groups is 3. The van der Waals surface area contributed by atoms with Gasteiger partial charge in [-0.3, -0.25) is 9.59 Å². The Morgan fingerprint density at radius 1 is 1.24 bits per heavy atom. The van der Waals surface area contributed by atoms with Gasteiger partial charge in [-0.25, -0.2) is 4.79 Å². The molecular formula is C29H40O5. The van der Waals surface area contributed by atoms with Gasteiger partial charge in [0.05, 0.1) is 5.41 Å². The van der Waals surface area contributed by atoms with Gasteiger partial charge in [-0.1, -0.05) is 51.5 Å². The molecule has 0 aliphatic heterocycles. The zero-order valence-electron chi connectivity index (χ0n) is 21.8. The van der Waals surface area contributed by atoms with Gasteiger partial charge in [0.1, 0.15) is 12.2 Å². The second-order valence-corrected chi connectivity index (χ2v) is 11.7. The van der Waals surface area contributed by atoms with Crippen LogP contribution in [0.4, 0.5) is 0 Å². The average molecular weight is 469 g/mol. The van der Waals surface area contributed by atoms with E-state index in [0.29, 0.717) is 18.4 Å². The Labute approximate surface area is 204 Å². The molecule has 0 amide bonds. The SMILES string of the molecule is C/C=C(\C)C(=O)OCC1=CC2C(=O)C3(C=C(C)CC3C1)C(C)C[C@]1(OC(=O)CCC)[C@@H]2C1(C)C. The molecule has 0 aromatic heterocycles. The maximum absolute atomic E-state index is 14.4. The van der Waals surface area contributed by atoms with Crippen LogP contribution in [0, 0.1) is 34.5 Å². The first-order chi connectivity index (χ1) is 15.9. The number of Topliss-reactive ketones (excluding diaryl/α,β-unsaturated/α-hetero) is 1. The van der Waals surface area contributed by atoms with E-state index in [1.165, 1.54) is 5.57 Å². The fourth-order valence-corrected chi connectivity index (χ4v) is 7.49. The Morgan fingerprint density at radius 2 is 1.94 bits per heavy atom. The van der Waals surface area contributed by atoms with Crippen molar-refractivity contribution in [2.45, 2.75) is 86.2 Å². The topological polar surface area (TPSA) is 69.7 Å². The lowest BCUT2D eigenvalue weighted by Crippen LogP contribution is -2.43. The van der Waals surface area contributed by atoms with Crippen molar-refractivity contribution in [1.29, 1.82) is 0 Å². The Morgan fingerprint density at radius 3 is 2.59 bits per heavy atom. The van der Waals surface area contributed by atoms with Gasteiger partial charge in [0.2, 0.25) is 0 Å². The molecule has 2 saturated carbocycles. The fraction of sp³-hybridized carbons (Fsp3) is 0.690. The summed E-state index contributed by atoms with van der Waals surface area (Å²) in [6.45, 7) is 14.3. The monoisotopic (exact) mass is 468 g/mol. The minimum atomic E-state index is -0.630. The van der Waals surface area contributed by atoms with E-state index < -0.39 is 11.0 Å². The zero-order chi connectivity index (χ0) is 25.1. The number of ketones is 1. The van der Waals surface area contributed by atoms with Crippen LogP contribution in [0.25, 0.3) is 0 Å². The predicted octanol–water partition coefficient (Wildman–Crippen LogP) is 5.74. The molecule has 0 N–H and O–H groups in total. The molecule has 5 nitrogen and oxygen atoms in total. The van der Waals surface area contributed by atoms with Crippen LogP contribution in [-0.2, 0) is 23.9 Å². The number of hydrogen-bond donors (Lipinski definition) is 0. The van der Waals surface area contributed by atoms with Crippen LogP contribution < -0.4 is 0 Å². The molecule has 4 unspecified atom stereocenters. The highest BCUT2D eigenvalue weighted by Crippen LogP contribution is 2.74. The molecule has 0 saturated heterocycles. The maximum atomic E-state index is 14.4. The highest BCUT2D eigenvalue weighted by molar-refractivity contribution is 5.94. The van der Waals surface area contributed by atoms with Gasteiger partial charge >= 0.3 is 11.9 Å². The summed E-state index contributed by atoms with van der Waals surface area (Å²) in [5.74, 6) is -0.429. The van der Waals surface area contributed by atoms with E-state index in [9.17, 15) is 14.4 Å². The molecule has 2 fully saturated rings. The molecule has 0 aromatic rings. The van der Waals surface area contributed by atoms with E-state index in [-0.39, 0.29) is 53.4 Å². The average Bonchev–Trinajstić information content (AvgIpc) is 3.09. The summed E-state index contributed by atoms with van der Waals surface area (Å²) in [7, 11) is 0. The van der Waals surface area contributed by atoms with Crippen LogP contribution in [0.1, 0.15) is 80.6 Å². The Hall–Kier alpha value is -2.17. The van der Waals surface area contributed by atoms with Gasteiger partial charge in [0, 0.05) is 29.2 Å². The van der Waals surface area contributed by atoms with Crippen molar-refractivity contribution >= 4 is 17.7 Å². The predicted molar refractivity (Wildman–Crippen MR) is 131 cm³/mol. The van der Waals surface area contributed by atoms with Crippen molar-refractivity contribution in [2.75, 3.05) is 6.61 Å². The summed E-state index contributed by atoms with van der Waals surface area (Å²) in [4.78, 5) is 39.4. The molecule has 0 heterocycles. The van der Waals surface area contributed by atoms with Crippen LogP contribution in [0.3, 0.4) is 0 Å². The molecule has 186 valence electrons. The molecule has 5 heteroatoms. The van der Waals surface area contributed by atoms with Crippen molar-refractivity contribution in [3.8, 4) is 0 Å². The summed E-state index contributed by atoms with van der Waals surface area (Å²) in [6, 6.07) is 0. The van der Waals surface area contributed by atoms with Crippen LogP contribution in [0.5, 0.6) is 0 Å². The number of allylic oxidation sites excluding steroid dienone is 4. The lowest BCUT2D eigenvalue weighted by Gasteiger charge is -2.40. The highest BCUT2D eigenvalue weighted by Gasteiger charge is 2.80. The summed E-state index contributed by atoms with van der Waals surface area (Å²) in [5, 5.41) is 0. The first-order valence-corrected chi connectivity index (χ1v) is 12.9. The minimum absolute atomic E-state index is 0.0618. The number of esters is 2. The molecule has 4 rings (SSSR count). The maximum Gasteiger partial charge on any atom is 0.333 e. The third-order valence-corrected chi connectivity index (χ3v) is 9.35. The van der Waals surface area contributed by atoms with E-state index >= 15 is 0 Å². The largest absolute Gasteiger partial charge is 0.458 e. The normalized spacial score (nSPS) is 38.0. The van der Waals surface area contributed by atoms with Gasteiger partial charge in [0.15, 0.2) is 5.78 Å². The molecule has 4 aliphatic carbocycles. The first kappa shape index (κ1) is 24.9. The van der Waals surface area contributed by atoms with E-state index in [0.717, 1.165) is 24.8 Å². The number of ether oxygens (including phenoxy) is 2. The first-order valence-electron chi connectivity index (χ1n) is 12.9. The Kier molecular flexibility index (Phi) is 6.23. The number of fused-ring (bicyclic) bond motifs is 3. The quantitative estimate of drug-likeness (QED) is 0.282. The Bertz CT molecular complexity index is 998. The van der Waals surface area contributed by atoms with Crippen LogP contribution in [-0.4, -0.2) is 29.9 Å². The van der Waals surface area contributed by atoms with E-state index in [1.807, 2.05) is 13.8 Å². The molecule has 0 aromatic carbocycles. The molecule has 6 atom stereocenters. The van der Waals surface area contributed by atoms with Gasteiger partial charge in [-0.15, -0.1) is 0 Å². The lowest BCUT2D eigenvalue weighted by atomic mass is 9.62. The second-order valence-electron chi connectivity index (χ2n) is 11.7. The van der Waals surface area contributed by atoms with Crippen molar-refractivity contribution < 1.29 is 23.9 Å². The van der Waals surface area contributed by atoms with E-state index in [1.54, 1.807) is 13.0 Å². The van der Waals surface area contributed by atoms with Crippen molar-refractivity contribution in [3.05, 3.63) is 34.9 Å². The van der Waals surface area contributed by atoms with Crippen molar-refractivity contribution in [3.63, 3.8) is 0 Å². The van der Waals surface area contributed by atoms with Crippen molar-refractivity contribution in [2.24, 2.45) is 34.5 Å². The van der Waals surface area contributed by atoms with Gasteiger partial charge in [0.25, 0.3) is 0 Å². The molecule has 34 heavy (non-hydrogen) atoms. The standard InChI is InChI=1S/C29H40O5/c1-8-10-23(30)34-29-15-19(5)28-14-17(3)11-21(28)12-20(16-33-26(32)18(4)9-2)13-22(25(28)31)24(29)27(29,6)7/h9,13-14,19,21-22,24H,8,10-12,15-16H2,1-7H3/b18-9+/t19?,21?,22?,24-,28?,29-/m0/s1. The van der Waals surface area contributed by atoms with Gasteiger partial charge < -0.3 is 9.47 Å². The summed E-state index contributed by atoms with van der Waals surface area (Å²) < 4.78 is 11.9. The van der Waals surface area contributed by atoms with E-state index in [4.69, 9.17) is 9.47 Å². The van der Waals surface area contributed by atoms with Crippen LogP contribution in [0.2, 0.25) is 0 Å². The van der Waals surface area contributed by atoms with Crippen LogP contribution in [0.15, 0.2) is 34.9 Å². The number of rotatable bonds is 6. The van der Waals surface area contributed by atoms with Crippen LogP contribution >= 0.6 is 0 Å². The lowest BCUT2D eigenvalue weighted by molar-refractivity contribution is -0.156. The molecule has 1 spiro atoms. The summed E-state index contributed by atoms with van der Waals surface area (Å²) in [5.41, 5.74) is 1.37. The second kappa shape index (κ2) is 8.49. The third kappa shape index (κ3) is 3.53. The third-order valence-electron chi connectivity index (χ3n) is 9.35. The molecule has 2 bridgehead atoms. The van der Waals surface area contributed by atoms with E-state index in [2.05, 4.69) is 39.8 Å². The highest BCUT2D eigenvalue weighted by atomic mass is 16.6. The number of hydrogen-bond acceptors (Lipinski definition) is 5. The smallest absolute Gasteiger partial charge is 0.333 e. The number of carbonyl (C=O) groups excluding carboxylic acids is 3. The van der Waals surface area contributed by atoms with Gasteiger partial charge in [-0.2, -0.15) is 0 Å².